The van der Waals surface area contributed by atoms with Crippen LogP contribution in [0.2, 0.25) is 0 Å². The van der Waals surface area contributed by atoms with Crippen molar-refractivity contribution >= 4 is 28.7 Å². The first kappa shape index (κ1) is 18.9. The number of rotatable bonds is 6. The van der Waals surface area contributed by atoms with E-state index < -0.39 is 11.7 Å². The number of ether oxygens (including phenoxy) is 1. The predicted molar refractivity (Wildman–Crippen MR) is 99.3 cm³/mol. The van der Waals surface area contributed by atoms with E-state index in [1.54, 1.807) is 11.6 Å². The van der Waals surface area contributed by atoms with E-state index in [2.05, 4.69) is 4.98 Å². The van der Waals surface area contributed by atoms with Gasteiger partial charge < -0.3 is 19.3 Å². The SMILES string of the molecule is CCCn1c(=O)c2c(nc(N3CCOCC3)n2CC(O)CCl)n(C)c1=O. The van der Waals surface area contributed by atoms with Gasteiger partial charge in [-0.3, -0.25) is 13.9 Å². The average molecular weight is 386 g/mol. The molecule has 1 saturated heterocycles. The number of fused-ring (bicyclic) bond motifs is 1. The van der Waals surface area contributed by atoms with E-state index >= 15 is 0 Å². The van der Waals surface area contributed by atoms with Gasteiger partial charge in [-0.1, -0.05) is 6.92 Å². The molecule has 0 aliphatic carbocycles. The number of anilines is 1. The minimum atomic E-state index is -0.829. The topological polar surface area (TPSA) is 94.5 Å². The Morgan fingerprint density at radius 1 is 1.27 bits per heavy atom. The number of imidazole rings is 1. The van der Waals surface area contributed by atoms with Crippen molar-refractivity contribution in [1.82, 2.24) is 18.7 Å². The third kappa shape index (κ3) is 3.26. The Labute approximate surface area is 155 Å². The summed E-state index contributed by atoms with van der Waals surface area (Å²) >= 11 is 5.78. The Balaban J connectivity index is 2.28. The fourth-order valence-corrected chi connectivity index (χ4v) is 3.32. The second kappa shape index (κ2) is 7.81. The highest BCUT2D eigenvalue weighted by atomic mass is 35.5. The van der Waals surface area contributed by atoms with E-state index in [0.717, 1.165) is 0 Å². The van der Waals surface area contributed by atoms with Crippen molar-refractivity contribution in [2.24, 2.45) is 7.05 Å². The molecule has 1 atom stereocenters. The molecule has 0 aromatic carbocycles. The van der Waals surface area contributed by atoms with Crippen LogP contribution in [0.3, 0.4) is 0 Å². The van der Waals surface area contributed by atoms with Crippen LogP contribution in [0.1, 0.15) is 13.3 Å². The van der Waals surface area contributed by atoms with Crippen LogP contribution in [0.25, 0.3) is 11.2 Å². The molecule has 1 aliphatic rings. The number of nitrogens with zero attached hydrogens (tertiary/aromatic N) is 5. The van der Waals surface area contributed by atoms with Crippen molar-refractivity contribution in [3.8, 4) is 0 Å². The van der Waals surface area contributed by atoms with Crippen LogP contribution >= 0.6 is 11.6 Å². The first-order chi connectivity index (χ1) is 12.5. The normalized spacial score (nSPS) is 16.4. The lowest BCUT2D eigenvalue weighted by Crippen LogP contribution is -2.40. The minimum Gasteiger partial charge on any atom is -0.390 e. The van der Waals surface area contributed by atoms with Gasteiger partial charge in [-0.15, -0.1) is 11.6 Å². The third-order valence-corrected chi connectivity index (χ3v) is 4.88. The second-order valence-electron chi connectivity index (χ2n) is 6.40. The van der Waals surface area contributed by atoms with Crippen molar-refractivity contribution in [3.63, 3.8) is 0 Å². The van der Waals surface area contributed by atoms with Crippen molar-refractivity contribution in [2.75, 3.05) is 37.1 Å². The summed E-state index contributed by atoms with van der Waals surface area (Å²) in [6.07, 6.45) is -0.166. The zero-order valence-corrected chi connectivity index (χ0v) is 15.8. The van der Waals surface area contributed by atoms with Crippen molar-refractivity contribution in [3.05, 3.63) is 20.8 Å². The van der Waals surface area contributed by atoms with Gasteiger partial charge in [-0.2, -0.15) is 4.98 Å². The molecule has 0 bridgehead atoms. The Morgan fingerprint density at radius 3 is 2.58 bits per heavy atom. The quantitative estimate of drug-likeness (QED) is 0.689. The molecule has 1 fully saturated rings. The molecule has 0 saturated carbocycles. The number of hydrogen-bond donors (Lipinski definition) is 1. The number of halogens is 1. The largest absolute Gasteiger partial charge is 0.390 e. The third-order valence-electron chi connectivity index (χ3n) is 4.52. The molecule has 2 aromatic rings. The molecular formula is C16H24ClN5O4. The second-order valence-corrected chi connectivity index (χ2v) is 6.71. The van der Waals surface area contributed by atoms with Gasteiger partial charge in [-0.25, -0.2) is 4.79 Å². The molecule has 0 spiro atoms. The summed E-state index contributed by atoms with van der Waals surface area (Å²) in [4.78, 5) is 32.1. The molecule has 144 valence electrons. The Bertz CT molecular complexity index is 897. The van der Waals surface area contributed by atoms with Gasteiger partial charge >= 0.3 is 5.69 Å². The number of aliphatic hydroxyl groups is 1. The summed E-state index contributed by atoms with van der Waals surface area (Å²) in [6.45, 7) is 4.73. The predicted octanol–water partition coefficient (Wildman–Crippen LogP) is -0.257. The van der Waals surface area contributed by atoms with E-state index in [-0.39, 0.29) is 18.1 Å². The molecule has 0 amide bonds. The fourth-order valence-electron chi connectivity index (χ4n) is 3.22. The fraction of sp³-hybridized carbons (Fsp3) is 0.688. The molecule has 3 heterocycles. The lowest BCUT2D eigenvalue weighted by molar-refractivity contribution is 0.121. The first-order valence-corrected chi connectivity index (χ1v) is 9.29. The summed E-state index contributed by atoms with van der Waals surface area (Å²) in [7, 11) is 1.61. The molecule has 1 N–H and O–H groups in total. The molecular weight excluding hydrogens is 362 g/mol. The van der Waals surface area contributed by atoms with Crippen LogP contribution in [0.4, 0.5) is 5.95 Å². The van der Waals surface area contributed by atoms with Crippen LogP contribution in [-0.4, -0.2) is 62.1 Å². The van der Waals surface area contributed by atoms with Crippen LogP contribution in [0, 0.1) is 0 Å². The number of alkyl halides is 1. The monoisotopic (exact) mass is 385 g/mol. The molecule has 2 aromatic heterocycles. The lowest BCUT2D eigenvalue weighted by Gasteiger charge is -2.28. The van der Waals surface area contributed by atoms with Gasteiger partial charge in [0, 0.05) is 26.7 Å². The van der Waals surface area contributed by atoms with Gasteiger partial charge in [0.1, 0.15) is 0 Å². The van der Waals surface area contributed by atoms with Crippen LogP contribution in [-0.2, 0) is 24.9 Å². The highest BCUT2D eigenvalue weighted by molar-refractivity contribution is 6.18. The van der Waals surface area contributed by atoms with Crippen LogP contribution in [0.15, 0.2) is 9.59 Å². The van der Waals surface area contributed by atoms with Crippen LogP contribution < -0.4 is 16.1 Å². The maximum atomic E-state index is 13.0. The minimum absolute atomic E-state index is 0.0388. The summed E-state index contributed by atoms with van der Waals surface area (Å²) in [5.74, 6) is 0.589. The highest BCUT2D eigenvalue weighted by Crippen LogP contribution is 2.21. The molecule has 1 unspecified atom stereocenters. The number of hydrogen-bond acceptors (Lipinski definition) is 6. The van der Waals surface area contributed by atoms with E-state index in [9.17, 15) is 14.7 Å². The van der Waals surface area contributed by atoms with Crippen molar-refractivity contribution < 1.29 is 9.84 Å². The smallest absolute Gasteiger partial charge is 0.332 e. The summed E-state index contributed by atoms with van der Waals surface area (Å²) < 4.78 is 9.67. The van der Waals surface area contributed by atoms with E-state index in [0.29, 0.717) is 56.4 Å². The zero-order valence-electron chi connectivity index (χ0n) is 15.0. The molecule has 1 aliphatic heterocycles. The maximum Gasteiger partial charge on any atom is 0.332 e. The number of morpholine rings is 1. The summed E-state index contributed by atoms with van der Waals surface area (Å²) in [5.41, 5.74) is -0.152. The van der Waals surface area contributed by atoms with E-state index in [1.165, 1.54) is 9.13 Å². The van der Waals surface area contributed by atoms with Crippen molar-refractivity contribution in [2.45, 2.75) is 32.5 Å². The van der Waals surface area contributed by atoms with Gasteiger partial charge in [0.05, 0.1) is 31.7 Å². The summed E-state index contributed by atoms with van der Waals surface area (Å²) in [5, 5.41) is 10.1. The molecule has 9 nitrogen and oxygen atoms in total. The van der Waals surface area contributed by atoms with E-state index in [4.69, 9.17) is 16.3 Å². The van der Waals surface area contributed by atoms with Crippen molar-refractivity contribution in [1.29, 1.82) is 0 Å². The highest BCUT2D eigenvalue weighted by Gasteiger charge is 2.25. The molecule has 10 heteroatoms. The first-order valence-electron chi connectivity index (χ1n) is 8.76. The summed E-state index contributed by atoms with van der Waals surface area (Å²) in [6, 6.07) is 0. The number of aryl methyl sites for hydroxylation is 1. The molecule has 26 heavy (non-hydrogen) atoms. The lowest BCUT2D eigenvalue weighted by atomic mass is 10.3. The average Bonchev–Trinajstić information content (AvgIpc) is 3.03. The van der Waals surface area contributed by atoms with E-state index in [1.807, 2.05) is 11.8 Å². The maximum absolute atomic E-state index is 13.0. The number of aromatic nitrogens is 4. The van der Waals surface area contributed by atoms with Crippen LogP contribution in [0.5, 0.6) is 0 Å². The van der Waals surface area contributed by atoms with Gasteiger partial charge in [0.15, 0.2) is 11.2 Å². The Hall–Kier alpha value is -1.84. The standard InChI is InChI=1S/C16H24ClN5O4/c1-3-4-21-14(24)12-13(19(2)16(21)25)18-15(20-5-7-26-8-6-20)22(12)10-11(23)9-17/h11,23H,3-10H2,1-2H3. The molecule has 3 rings (SSSR count). The Morgan fingerprint density at radius 2 is 1.96 bits per heavy atom. The Kier molecular flexibility index (Phi) is 5.69. The van der Waals surface area contributed by atoms with Gasteiger partial charge in [0.25, 0.3) is 5.56 Å². The number of aliphatic hydroxyl groups excluding tert-OH is 1. The van der Waals surface area contributed by atoms with Gasteiger partial charge in [0.2, 0.25) is 5.95 Å². The molecule has 0 radical (unpaired) electrons. The van der Waals surface area contributed by atoms with Gasteiger partial charge in [-0.05, 0) is 6.42 Å². The zero-order chi connectivity index (χ0) is 18.8.